The standard InChI is InChI=1S/C26H27N9O3/c1-37-18-11-12-19-17(14-18)7-4-9-20(19)28-30-26(36)23-22(35(33-29-23)25-24(27)31-38-32-25)15-34-13-5-8-16-6-2-3-10-21(16)34/h2-3,6,10-12,14H,4-5,7-9,13,15H2,1H3,(H2,27,31)(H,30,36)/b28-20+. The van der Waals surface area contributed by atoms with Crippen molar-refractivity contribution in [3.8, 4) is 11.6 Å². The number of fused-ring (bicyclic) bond motifs is 2. The summed E-state index contributed by atoms with van der Waals surface area (Å²) in [4.78, 5) is 15.6. The van der Waals surface area contributed by atoms with Gasteiger partial charge in [0.15, 0.2) is 5.69 Å². The number of hydrogen-bond acceptors (Lipinski definition) is 10. The molecule has 4 aromatic rings. The zero-order chi connectivity index (χ0) is 26.1. The minimum Gasteiger partial charge on any atom is -0.497 e. The quantitative estimate of drug-likeness (QED) is 0.371. The number of hydrazone groups is 1. The predicted molar refractivity (Wildman–Crippen MR) is 139 cm³/mol. The number of aryl methyl sites for hydroxylation is 2. The van der Waals surface area contributed by atoms with Gasteiger partial charge in [0.25, 0.3) is 5.91 Å². The van der Waals surface area contributed by atoms with Crippen LogP contribution in [0.25, 0.3) is 5.82 Å². The summed E-state index contributed by atoms with van der Waals surface area (Å²) in [5.41, 5.74) is 14.6. The number of carbonyl (C=O) groups is 1. The highest BCUT2D eigenvalue weighted by Gasteiger charge is 2.27. The molecule has 3 N–H and O–H groups in total. The van der Waals surface area contributed by atoms with Crippen LogP contribution in [0.3, 0.4) is 0 Å². The van der Waals surface area contributed by atoms with Crippen molar-refractivity contribution in [3.63, 3.8) is 0 Å². The van der Waals surface area contributed by atoms with Crippen molar-refractivity contribution in [2.45, 2.75) is 38.6 Å². The first-order chi connectivity index (χ1) is 18.6. The molecule has 0 spiro atoms. The molecule has 6 rings (SSSR count). The molecular formula is C26H27N9O3. The zero-order valence-electron chi connectivity index (χ0n) is 20.9. The Morgan fingerprint density at radius 2 is 2.00 bits per heavy atom. The lowest BCUT2D eigenvalue weighted by Gasteiger charge is -2.31. The van der Waals surface area contributed by atoms with E-state index in [0.29, 0.717) is 12.2 Å². The molecule has 0 fully saturated rings. The molecule has 1 amide bonds. The molecule has 0 unspecified atom stereocenters. The van der Waals surface area contributed by atoms with Gasteiger partial charge in [-0.05, 0) is 77.8 Å². The average Bonchev–Trinajstić information content (AvgIpc) is 3.57. The fourth-order valence-electron chi connectivity index (χ4n) is 5.14. The van der Waals surface area contributed by atoms with Gasteiger partial charge in [-0.2, -0.15) is 9.78 Å². The number of carbonyl (C=O) groups excluding carboxylic acids is 1. The van der Waals surface area contributed by atoms with Crippen LogP contribution in [0, 0.1) is 0 Å². The molecule has 12 nitrogen and oxygen atoms in total. The van der Waals surface area contributed by atoms with Crippen LogP contribution in [0.4, 0.5) is 11.5 Å². The van der Waals surface area contributed by atoms with Gasteiger partial charge in [-0.25, -0.2) is 10.1 Å². The summed E-state index contributed by atoms with van der Waals surface area (Å²) in [6, 6.07) is 14.1. The van der Waals surface area contributed by atoms with E-state index in [4.69, 9.17) is 15.1 Å². The Labute approximate surface area is 218 Å². The molecular weight excluding hydrogens is 486 g/mol. The molecule has 1 aliphatic heterocycles. The highest BCUT2D eigenvalue weighted by Crippen LogP contribution is 2.29. The van der Waals surface area contributed by atoms with Crippen LogP contribution >= 0.6 is 0 Å². The number of rotatable bonds is 6. The molecule has 0 bridgehead atoms. The maximum Gasteiger partial charge on any atom is 0.293 e. The first-order valence-electron chi connectivity index (χ1n) is 12.5. The van der Waals surface area contributed by atoms with Gasteiger partial charge >= 0.3 is 0 Å². The molecule has 0 saturated heterocycles. The lowest BCUT2D eigenvalue weighted by Crippen LogP contribution is -2.31. The van der Waals surface area contributed by atoms with Crippen molar-refractivity contribution < 1.29 is 14.2 Å². The average molecular weight is 514 g/mol. The van der Waals surface area contributed by atoms with Crippen molar-refractivity contribution in [2.24, 2.45) is 5.10 Å². The van der Waals surface area contributed by atoms with Crippen molar-refractivity contribution in [1.29, 1.82) is 0 Å². The largest absolute Gasteiger partial charge is 0.497 e. The van der Waals surface area contributed by atoms with E-state index in [1.165, 1.54) is 10.2 Å². The van der Waals surface area contributed by atoms with E-state index in [1.54, 1.807) is 7.11 Å². The summed E-state index contributed by atoms with van der Waals surface area (Å²) in [5.74, 6) is 0.561. The van der Waals surface area contributed by atoms with Gasteiger partial charge in [-0.15, -0.1) is 5.10 Å². The van der Waals surface area contributed by atoms with E-state index in [9.17, 15) is 4.79 Å². The second-order valence-corrected chi connectivity index (χ2v) is 9.30. The Hall–Kier alpha value is -4.74. The van der Waals surface area contributed by atoms with Gasteiger partial charge in [0, 0.05) is 17.8 Å². The number of nitrogens with two attached hydrogens (primary N) is 1. The lowest BCUT2D eigenvalue weighted by atomic mass is 9.90. The Kier molecular flexibility index (Phi) is 6.20. The molecule has 3 heterocycles. The number of anilines is 2. The second-order valence-electron chi connectivity index (χ2n) is 9.30. The fraction of sp³-hybridized carbons (Fsp3) is 0.308. The van der Waals surface area contributed by atoms with E-state index in [1.807, 2.05) is 30.3 Å². The maximum atomic E-state index is 13.4. The highest BCUT2D eigenvalue weighted by molar-refractivity contribution is 6.04. The molecule has 1 aliphatic carbocycles. The molecule has 2 aliphatic rings. The summed E-state index contributed by atoms with van der Waals surface area (Å²) in [5, 5.41) is 20.4. The molecule has 0 radical (unpaired) electrons. The number of para-hydroxylation sites is 1. The number of nitrogens with one attached hydrogen (secondary N) is 1. The van der Waals surface area contributed by atoms with Gasteiger partial charge < -0.3 is 15.4 Å². The van der Waals surface area contributed by atoms with Crippen molar-refractivity contribution in [3.05, 3.63) is 70.5 Å². The number of amides is 1. The number of benzene rings is 2. The molecule has 2 aromatic heterocycles. The van der Waals surface area contributed by atoms with E-state index in [2.05, 4.69) is 48.2 Å². The molecule has 12 heteroatoms. The Morgan fingerprint density at radius 1 is 1.13 bits per heavy atom. The summed E-state index contributed by atoms with van der Waals surface area (Å²) >= 11 is 0. The van der Waals surface area contributed by atoms with Crippen LogP contribution < -0.4 is 20.8 Å². The Morgan fingerprint density at radius 3 is 2.84 bits per heavy atom. The Bertz CT molecular complexity index is 1520. The molecule has 194 valence electrons. The number of nitrogen functional groups attached to an aromatic ring is 1. The third-order valence-corrected chi connectivity index (χ3v) is 7.00. The summed E-state index contributed by atoms with van der Waals surface area (Å²) in [6.07, 6.45) is 4.62. The van der Waals surface area contributed by atoms with Gasteiger partial charge in [0.1, 0.15) is 5.75 Å². The summed E-state index contributed by atoms with van der Waals surface area (Å²) in [7, 11) is 1.65. The minimum atomic E-state index is -0.472. The van der Waals surface area contributed by atoms with Crippen LogP contribution in [0.2, 0.25) is 0 Å². The van der Waals surface area contributed by atoms with E-state index >= 15 is 0 Å². The van der Waals surface area contributed by atoms with E-state index in [0.717, 1.165) is 66.9 Å². The van der Waals surface area contributed by atoms with Crippen molar-refractivity contribution in [2.75, 3.05) is 24.3 Å². The summed E-state index contributed by atoms with van der Waals surface area (Å²) < 4.78 is 11.6. The third kappa shape index (κ3) is 4.33. The number of ether oxygens (including phenoxy) is 1. The predicted octanol–water partition coefficient (Wildman–Crippen LogP) is 2.66. The van der Waals surface area contributed by atoms with Gasteiger partial charge in [0.05, 0.1) is 25.1 Å². The van der Waals surface area contributed by atoms with Crippen molar-refractivity contribution in [1.82, 2.24) is 30.7 Å². The number of nitrogens with zero attached hydrogens (tertiary/aromatic N) is 7. The van der Waals surface area contributed by atoms with Gasteiger partial charge in [-0.3, -0.25) is 4.79 Å². The topological polar surface area (TPSA) is 150 Å². The monoisotopic (exact) mass is 513 g/mol. The van der Waals surface area contributed by atoms with Crippen molar-refractivity contribution >= 4 is 23.1 Å². The van der Waals surface area contributed by atoms with Crippen LogP contribution in [0.1, 0.15) is 52.1 Å². The second kappa shape index (κ2) is 9.96. The van der Waals surface area contributed by atoms with Gasteiger partial charge in [-0.1, -0.05) is 23.4 Å². The van der Waals surface area contributed by atoms with Crippen LogP contribution in [0.5, 0.6) is 5.75 Å². The molecule has 0 atom stereocenters. The molecule has 0 saturated carbocycles. The summed E-state index contributed by atoms with van der Waals surface area (Å²) in [6.45, 7) is 1.18. The normalized spacial score (nSPS) is 15.7. The van der Waals surface area contributed by atoms with E-state index < -0.39 is 5.91 Å². The molecule has 2 aromatic carbocycles. The smallest absolute Gasteiger partial charge is 0.293 e. The zero-order valence-corrected chi connectivity index (χ0v) is 20.9. The van der Waals surface area contributed by atoms with Crippen LogP contribution in [-0.2, 0) is 19.4 Å². The molecule has 38 heavy (non-hydrogen) atoms. The first-order valence-corrected chi connectivity index (χ1v) is 12.5. The minimum absolute atomic E-state index is 0.0524. The number of methoxy groups -OCH3 is 1. The Balaban J connectivity index is 1.32. The first kappa shape index (κ1) is 23.6. The van der Waals surface area contributed by atoms with Crippen LogP contribution in [-0.4, -0.2) is 50.6 Å². The maximum absolute atomic E-state index is 13.4. The highest BCUT2D eigenvalue weighted by atomic mass is 16.6. The number of aromatic nitrogens is 5. The lowest BCUT2D eigenvalue weighted by molar-refractivity contribution is 0.0948. The van der Waals surface area contributed by atoms with Gasteiger partial charge in [0.2, 0.25) is 11.6 Å². The SMILES string of the molecule is COc1ccc2c(c1)CCC/C2=N\NC(=O)c1nnn(-c2nonc2N)c1CN1CCCc2ccccc21. The van der Waals surface area contributed by atoms with E-state index in [-0.39, 0.29) is 17.3 Å². The number of hydrogen-bond donors (Lipinski definition) is 2. The van der Waals surface area contributed by atoms with Crippen LogP contribution in [0.15, 0.2) is 52.2 Å². The fourth-order valence-corrected chi connectivity index (χ4v) is 5.14. The third-order valence-electron chi connectivity index (χ3n) is 7.00.